The predicted molar refractivity (Wildman–Crippen MR) is 81.9 cm³/mol. The summed E-state index contributed by atoms with van der Waals surface area (Å²) in [5.41, 5.74) is 2.32. The van der Waals surface area contributed by atoms with Crippen LogP contribution in [0.4, 0.5) is 0 Å². The Labute approximate surface area is 124 Å². The van der Waals surface area contributed by atoms with Crippen molar-refractivity contribution in [1.29, 1.82) is 0 Å². The lowest BCUT2D eigenvalue weighted by atomic mass is 9.99. The number of carbonyl (C=O) groups is 2. The molecule has 0 unspecified atom stereocenters. The number of hydrogen-bond acceptors (Lipinski definition) is 2. The number of hydrogen-bond donors (Lipinski definition) is 1. The van der Waals surface area contributed by atoms with Gasteiger partial charge in [-0.1, -0.05) is 49.7 Å². The molecule has 2 aromatic carbocycles. The quantitative estimate of drug-likeness (QED) is 0.816. The van der Waals surface area contributed by atoms with Crippen molar-refractivity contribution in [2.75, 3.05) is 0 Å². The first kappa shape index (κ1) is 15.0. The second-order valence-corrected chi connectivity index (χ2v) is 5.02. The van der Waals surface area contributed by atoms with E-state index in [0.29, 0.717) is 11.1 Å². The van der Waals surface area contributed by atoms with Gasteiger partial charge in [0.15, 0.2) is 5.78 Å². The molecule has 1 N–H and O–H groups in total. The van der Waals surface area contributed by atoms with E-state index >= 15 is 0 Å². The molecule has 108 valence electrons. The first-order valence-electron chi connectivity index (χ1n) is 7.09. The van der Waals surface area contributed by atoms with Gasteiger partial charge in [0, 0.05) is 11.1 Å². The molecule has 3 heteroatoms. The molecular formula is C18H18O3. The van der Waals surface area contributed by atoms with E-state index in [-0.39, 0.29) is 11.3 Å². The maximum atomic E-state index is 12.4. The number of aryl methyl sites for hydroxylation is 1. The Balaban J connectivity index is 2.19. The molecule has 3 nitrogen and oxygen atoms in total. The Morgan fingerprint density at radius 3 is 2.24 bits per heavy atom. The lowest BCUT2D eigenvalue weighted by Crippen LogP contribution is -2.04. The van der Waals surface area contributed by atoms with Crippen LogP contribution in [0.25, 0.3) is 0 Å². The highest BCUT2D eigenvalue weighted by molar-refractivity contribution is 6.09. The number of unbranched alkanes of at least 4 members (excludes halogenated alkanes) is 1. The lowest BCUT2D eigenvalue weighted by Gasteiger charge is -2.04. The number of rotatable bonds is 6. The number of carboxylic acids is 1. The molecule has 0 amide bonds. The largest absolute Gasteiger partial charge is 0.478 e. The van der Waals surface area contributed by atoms with Gasteiger partial charge in [0.2, 0.25) is 0 Å². The molecule has 2 aromatic rings. The highest BCUT2D eigenvalue weighted by atomic mass is 16.4. The van der Waals surface area contributed by atoms with Crippen LogP contribution in [0.1, 0.15) is 51.6 Å². The molecule has 0 heterocycles. The minimum Gasteiger partial charge on any atom is -0.478 e. The third-order valence-corrected chi connectivity index (χ3v) is 3.41. The molecule has 0 bridgehead atoms. The van der Waals surface area contributed by atoms with Crippen molar-refractivity contribution >= 4 is 11.8 Å². The van der Waals surface area contributed by atoms with Gasteiger partial charge in [0.1, 0.15) is 0 Å². The van der Waals surface area contributed by atoms with Gasteiger partial charge in [0.25, 0.3) is 0 Å². The molecule has 2 rings (SSSR count). The molecule has 0 saturated carbocycles. The third-order valence-electron chi connectivity index (χ3n) is 3.41. The molecule has 0 saturated heterocycles. The van der Waals surface area contributed by atoms with Crippen molar-refractivity contribution in [3.05, 3.63) is 70.8 Å². The Bertz CT molecular complexity index is 642. The number of aromatic carboxylic acids is 1. The molecule has 0 spiro atoms. The summed E-state index contributed by atoms with van der Waals surface area (Å²) in [7, 11) is 0. The molecular weight excluding hydrogens is 264 g/mol. The van der Waals surface area contributed by atoms with Gasteiger partial charge >= 0.3 is 5.97 Å². The van der Waals surface area contributed by atoms with Crippen molar-refractivity contribution in [3.63, 3.8) is 0 Å². The summed E-state index contributed by atoms with van der Waals surface area (Å²) in [6.45, 7) is 2.15. The molecule has 0 atom stereocenters. The van der Waals surface area contributed by atoms with Crippen molar-refractivity contribution < 1.29 is 14.7 Å². The van der Waals surface area contributed by atoms with Gasteiger partial charge in [-0.2, -0.15) is 0 Å². The summed E-state index contributed by atoms with van der Waals surface area (Å²) < 4.78 is 0. The fourth-order valence-corrected chi connectivity index (χ4v) is 2.16. The van der Waals surface area contributed by atoms with Crippen LogP contribution in [0.15, 0.2) is 48.5 Å². The number of carbonyl (C=O) groups excluding carboxylic acids is 1. The standard InChI is InChI=1S/C18H18O3/c1-2-3-5-13-8-10-14(11-9-13)17(19)15-6-4-7-16(12-15)18(20)21/h4,6-12H,2-3,5H2,1H3,(H,20,21). The van der Waals surface area contributed by atoms with E-state index in [2.05, 4.69) is 6.92 Å². The SMILES string of the molecule is CCCCc1ccc(C(=O)c2cccc(C(=O)O)c2)cc1. The van der Waals surface area contributed by atoms with Crippen molar-refractivity contribution in [2.45, 2.75) is 26.2 Å². The highest BCUT2D eigenvalue weighted by Gasteiger charge is 2.11. The van der Waals surface area contributed by atoms with Gasteiger partial charge in [-0.15, -0.1) is 0 Å². The van der Waals surface area contributed by atoms with Gasteiger partial charge in [-0.3, -0.25) is 4.79 Å². The van der Waals surface area contributed by atoms with Gasteiger partial charge in [0.05, 0.1) is 5.56 Å². The molecule has 0 fully saturated rings. The Hall–Kier alpha value is -2.42. The third kappa shape index (κ3) is 3.78. The average Bonchev–Trinajstić information content (AvgIpc) is 2.53. The van der Waals surface area contributed by atoms with E-state index in [0.717, 1.165) is 19.3 Å². The first-order chi connectivity index (χ1) is 10.1. The van der Waals surface area contributed by atoms with E-state index in [1.165, 1.54) is 17.7 Å². The summed E-state index contributed by atoms with van der Waals surface area (Å²) in [4.78, 5) is 23.3. The fourth-order valence-electron chi connectivity index (χ4n) is 2.16. The van der Waals surface area contributed by atoms with Crippen LogP contribution in [0.2, 0.25) is 0 Å². The Morgan fingerprint density at radius 2 is 1.62 bits per heavy atom. The monoisotopic (exact) mass is 282 g/mol. The van der Waals surface area contributed by atoms with E-state index in [1.807, 2.05) is 12.1 Å². The van der Waals surface area contributed by atoms with Crippen molar-refractivity contribution in [2.24, 2.45) is 0 Å². The van der Waals surface area contributed by atoms with Crippen molar-refractivity contribution in [1.82, 2.24) is 0 Å². The minimum atomic E-state index is -1.03. The molecule has 0 aliphatic heterocycles. The van der Waals surface area contributed by atoms with Gasteiger partial charge < -0.3 is 5.11 Å². The Kier molecular flexibility index (Phi) is 4.88. The van der Waals surface area contributed by atoms with Crippen LogP contribution in [-0.2, 0) is 6.42 Å². The zero-order valence-electron chi connectivity index (χ0n) is 12.0. The molecule has 0 aliphatic rings. The number of carboxylic acid groups (broad SMARTS) is 1. The summed E-state index contributed by atoms with van der Waals surface area (Å²) in [6, 6.07) is 13.7. The number of ketones is 1. The molecule has 0 radical (unpaired) electrons. The summed E-state index contributed by atoms with van der Waals surface area (Å²) in [5, 5.41) is 8.97. The van der Waals surface area contributed by atoms with Crippen LogP contribution in [0.3, 0.4) is 0 Å². The van der Waals surface area contributed by atoms with E-state index in [1.54, 1.807) is 24.3 Å². The van der Waals surface area contributed by atoms with Gasteiger partial charge in [-0.05, 0) is 30.5 Å². The Morgan fingerprint density at radius 1 is 0.952 bits per heavy atom. The zero-order valence-corrected chi connectivity index (χ0v) is 12.0. The topological polar surface area (TPSA) is 54.4 Å². The van der Waals surface area contributed by atoms with Gasteiger partial charge in [-0.25, -0.2) is 4.79 Å². The molecule has 21 heavy (non-hydrogen) atoms. The maximum Gasteiger partial charge on any atom is 0.335 e. The summed E-state index contributed by atoms with van der Waals surface area (Å²) >= 11 is 0. The predicted octanol–water partition coefficient (Wildman–Crippen LogP) is 3.96. The van der Waals surface area contributed by atoms with E-state index < -0.39 is 5.97 Å². The van der Waals surface area contributed by atoms with Crippen LogP contribution in [-0.4, -0.2) is 16.9 Å². The minimum absolute atomic E-state index is 0.125. The number of benzene rings is 2. The van der Waals surface area contributed by atoms with E-state index in [9.17, 15) is 9.59 Å². The second-order valence-electron chi connectivity index (χ2n) is 5.02. The molecule has 0 aliphatic carbocycles. The zero-order chi connectivity index (χ0) is 15.2. The average molecular weight is 282 g/mol. The highest BCUT2D eigenvalue weighted by Crippen LogP contribution is 2.14. The van der Waals surface area contributed by atoms with Crippen LogP contribution in [0.5, 0.6) is 0 Å². The second kappa shape index (κ2) is 6.84. The van der Waals surface area contributed by atoms with Crippen LogP contribution in [0, 0.1) is 0 Å². The van der Waals surface area contributed by atoms with Crippen molar-refractivity contribution in [3.8, 4) is 0 Å². The first-order valence-corrected chi connectivity index (χ1v) is 7.09. The van der Waals surface area contributed by atoms with Crippen LogP contribution >= 0.6 is 0 Å². The molecule has 0 aromatic heterocycles. The summed E-state index contributed by atoms with van der Waals surface area (Å²) in [5.74, 6) is -1.18. The fraction of sp³-hybridized carbons (Fsp3) is 0.222. The smallest absolute Gasteiger partial charge is 0.335 e. The normalized spacial score (nSPS) is 10.3. The van der Waals surface area contributed by atoms with Crippen LogP contribution < -0.4 is 0 Å². The summed E-state index contributed by atoms with van der Waals surface area (Å²) in [6.07, 6.45) is 3.29. The van der Waals surface area contributed by atoms with E-state index in [4.69, 9.17) is 5.11 Å². The lowest BCUT2D eigenvalue weighted by molar-refractivity contribution is 0.0697. The maximum absolute atomic E-state index is 12.4.